The Balaban J connectivity index is 2.09. The van der Waals surface area contributed by atoms with Crippen LogP contribution in [0.4, 0.5) is 0 Å². The number of nitrogens with one attached hydrogen (secondary N) is 2. The van der Waals surface area contributed by atoms with Gasteiger partial charge in [-0.15, -0.1) is 0 Å². The summed E-state index contributed by atoms with van der Waals surface area (Å²) in [7, 11) is 1.72. The van der Waals surface area contributed by atoms with Crippen LogP contribution in [-0.2, 0) is 14.2 Å². The summed E-state index contributed by atoms with van der Waals surface area (Å²) in [5, 5.41) is 6.99. The summed E-state index contributed by atoms with van der Waals surface area (Å²) >= 11 is 5.20. The van der Waals surface area contributed by atoms with E-state index in [-0.39, 0.29) is 5.60 Å². The summed E-state index contributed by atoms with van der Waals surface area (Å²) in [6.07, 6.45) is 1.86. The summed E-state index contributed by atoms with van der Waals surface area (Å²) < 4.78 is 16.1. The third kappa shape index (κ3) is 5.48. The fourth-order valence-corrected chi connectivity index (χ4v) is 1.96. The van der Waals surface area contributed by atoms with Crippen LogP contribution in [0.15, 0.2) is 0 Å². The molecule has 0 aromatic rings. The lowest BCUT2D eigenvalue weighted by Crippen LogP contribution is -2.48. The summed E-state index contributed by atoms with van der Waals surface area (Å²) in [5.41, 5.74) is -0.225. The largest absolute Gasteiger partial charge is 0.382 e. The normalized spacial score (nSPS) is 23.0. The Morgan fingerprint density at radius 2 is 2.28 bits per heavy atom. The Labute approximate surface area is 115 Å². The van der Waals surface area contributed by atoms with Crippen molar-refractivity contribution in [2.75, 3.05) is 46.6 Å². The van der Waals surface area contributed by atoms with Crippen molar-refractivity contribution in [2.24, 2.45) is 0 Å². The Bertz CT molecular complexity index is 245. The molecule has 1 saturated heterocycles. The van der Waals surface area contributed by atoms with Crippen LogP contribution in [0.1, 0.15) is 19.8 Å². The van der Waals surface area contributed by atoms with Gasteiger partial charge < -0.3 is 24.8 Å². The van der Waals surface area contributed by atoms with E-state index in [1.165, 1.54) is 0 Å². The molecular formula is C12H24N2O3S. The van der Waals surface area contributed by atoms with Crippen molar-refractivity contribution >= 4 is 17.3 Å². The number of hydrogen-bond donors (Lipinski definition) is 2. The van der Waals surface area contributed by atoms with Gasteiger partial charge in [0.05, 0.1) is 6.61 Å². The van der Waals surface area contributed by atoms with Gasteiger partial charge in [-0.2, -0.15) is 0 Å². The highest BCUT2D eigenvalue weighted by molar-refractivity contribution is 7.80. The Hall–Kier alpha value is -0.430. The molecule has 1 aliphatic heterocycles. The third-order valence-corrected chi connectivity index (χ3v) is 3.32. The van der Waals surface area contributed by atoms with Crippen LogP contribution in [0.3, 0.4) is 0 Å². The van der Waals surface area contributed by atoms with E-state index in [4.69, 9.17) is 26.4 Å². The average Bonchev–Trinajstić information content (AvgIpc) is 2.86. The monoisotopic (exact) mass is 276 g/mol. The van der Waals surface area contributed by atoms with Gasteiger partial charge in [0, 0.05) is 46.4 Å². The molecule has 1 heterocycles. The van der Waals surface area contributed by atoms with Crippen molar-refractivity contribution < 1.29 is 14.2 Å². The predicted molar refractivity (Wildman–Crippen MR) is 74.9 cm³/mol. The van der Waals surface area contributed by atoms with Gasteiger partial charge in [0.25, 0.3) is 0 Å². The van der Waals surface area contributed by atoms with Crippen LogP contribution in [0.5, 0.6) is 0 Å². The maximum atomic E-state index is 5.51. The van der Waals surface area contributed by atoms with Crippen LogP contribution in [0.25, 0.3) is 0 Å². The zero-order valence-electron chi connectivity index (χ0n) is 11.3. The smallest absolute Gasteiger partial charge is 0.166 e. The van der Waals surface area contributed by atoms with E-state index >= 15 is 0 Å². The van der Waals surface area contributed by atoms with Crippen molar-refractivity contribution in [3.05, 3.63) is 0 Å². The molecule has 5 nitrogen and oxygen atoms in total. The van der Waals surface area contributed by atoms with Crippen LogP contribution in [-0.4, -0.2) is 57.3 Å². The molecule has 0 saturated carbocycles. The third-order valence-electron chi connectivity index (χ3n) is 3.03. The molecule has 0 aromatic heterocycles. The lowest BCUT2D eigenvalue weighted by atomic mass is 10.0. The second-order valence-electron chi connectivity index (χ2n) is 4.35. The SMILES string of the molecule is CCOCCCNC(=S)NCC1(OC)CCOC1. The minimum atomic E-state index is -0.225. The molecule has 0 aliphatic carbocycles. The molecule has 1 fully saturated rings. The van der Waals surface area contributed by atoms with Crippen molar-refractivity contribution in [1.29, 1.82) is 0 Å². The van der Waals surface area contributed by atoms with Gasteiger partial charge in [-0.3, -0.25) is 0 Å². The van der Waals surface area contributed by atoms with E-state index < -0.39 is 0 Å². The first kappa shape index (κ1) is 15.6. The second kappa shape index (κ2) is 8.63. The van der Waals surface area contributed by atoms with E-state index in [9.17, 15) is 0 Å². The van der Waals surface area contributed by atoms with Gasteiger partial charge in [-0.25, -0.2) is 0 Å². The molecule has 1 rings (SSSR count). The van der Waals surface area contributed by atoms with Gasteiger partial charge in [0.1, 0.15) is 5.60 Å². The lowest BCUT2D eigenvalue weighted by molar-refractivity contribution is -0.0126. The predicted octanol–water partition coefficient (Wildman–Crippen LogP) is 0.683. The fraction of sp³-hybridized carbons (Fsp3) is 0.917. The number of rotatable bonds is 8. The van der Waals surface area contributed by atoms with Gasteiger partial charge in [0.15, 0.2) is 5.11 Å². The lowest BCUT2D eigenvalue weighted by Gasteiger charge is -2.26. The zero-order valence-corrected chi connectivity index (χ0v) is 12.1. The van der Waals surface area contributed by atoms with E-state index in [1.54, 1.807) is 7.11 Å². The van der Waals surface area contributed by atoms with Crippen molar-refractivity contribution in [1.82, 2.24) is 10.6 Å². The van der Waals surface area contributed by atoms with Gasteiger partial charge in [0.2, 0.25) is 0 Å². The summed E-state index contributed by atoms with van der Waals surface area (Å²) in [5.74, 6) is 0. The molecular weight excluding hydrogens is 252 g/mol. The minimum Gasteiger partial charge on any atom is -0.382 e. The summed E-state index contributed by atoms with van der Waals surface area (Å²) in [6.45, 7) is 6.41. The highest BCUT2D eigenvalue weighted by atomic mass is 32.1. The van der Waals surface area contributed by atoms with E-state index in [0.717, 1.165) is 39.2 Å². The van der Waals surface area contributed by atoms with Crippen LogP contribution >= 0.6 is 12.2 Å². The zero-order chi connectivity index (χ0) is 13.3. The molecule has 1 atom stereocenters. The molecule has 0 bridgehead atoms. The van der Waals surface area contributed by atoms with Gasteiger partial charge in [-0.1, -0.05) is 0 Å². The van der Waals surface area contributed by atoms with Gasteiger partial charge >= 0.3 is 0 Å². The first-order valence-corrected chi connectivity index (χ1v) is 6.85. The van der Waals surface area contributed by atoms with E-state index in [0.29, 0.717) is 18.3 Å². The molecule has 1 aliphatic rings. The Morgan fingerprint density at radius 1 is 1.44 bits per heavy atom. The molecule has 0 radical (unpaired) electrons. The standard InChI is InChI=1S/C12H24N2O3S/c1-3-16-7-4-6-13-11(18)14-9-12(15-2)5-8-17-10-12/h3-10H2,1-2H3,(H2,13,14,18). The van der Waals surface area contributed by atoms with Crippen LogP contribution in [0, 0.1) is 0 Å². The molecule has 0 aromatic carbocycles. The topological polar surface area (TPSA) is 51.8 Å². The first-order chi connectivity index (χ1) is 8.72. The fourth-order valence-electron chi connectivity index (χ4n) is 1.79. The number of hydrogen-bond acceptors (Lipinski definition) is 4. The second-order valence-corrected chi connectivity index (χ2v) is 4.76. The number of methoxy groups -OCH3 is 1. The molecule has 2 N–H and O–H groups in total. The molecule has 0 amide bonds. The molecule has 1 unspecified atom stereocenters. The number of ether oxygens (including phenoxy) is 3. The highest BCUT2D eigenvalue weighted by Crippen LogP contribution is 2.21. The quantitative estimate of drug-likeness (QED) is 0.502. The van der Waals surface area contributed by atoms with E-state index in [1.807, 2.05) is 6.92 Å². The maximum Gasteiger partial charge on any atom is 0.166 e. The Morgan fingerprint density at radius 3 is 2.89 bits per heavy atom. The van der Waals surface area contributed by atoms with Gasteiger partial charge in [-0.05, 0) is 25.6 Å². The van der Waals surface area contributed by atoms with Crippen LogP contribution in [0.2, 0.25) is 0 Å². The first-order valence-electron chi connectivity index (χ1n) is 6.45. The summed E-state index contributed by atoms with van der Waals surface area (Å²) in [6, 6.07) is 0. The maximum absolute atomic E-state index is 5.51. The number of thiocarbonyl (C=S) groups is 1. The molecule has 18 heavy (non-hydrogen) atoms. The van der Waals surface area contributed by atoms with Crippen molar-refractivity contribution in [3.63, 3.8) is 0 Å². The van der Waals surface area contributed by atoms with Crippen LogP contribution < -0.4 is 10.6 Å². The van der Waals surface area contributed by atoms with Crippen molar-refractivity contribution in [3.8, 4) is 0 Å². The molecule has 6 heteroatoms. The molecule has 106 valence electrons. The minimum absolute atomic E-state index is 0.225. The Kier molecular flexibility index (Phi) is 7.50. The van der Waals surface area contributed by atoms with Crippen molar-refractivity contribution in [2.45, 2.75) is 25.4 Å². The molecule has 0 spiro atoms. The average molecular weight is 276 g/mol. The van der Waals surface area contributed by atoms with E-state index in [2.05, 4.69) is 10.6 Å². The highest BCUT2D eigenvalue weighted by Gasteiger charge is 2.34. The summed E-state index contributed by atoms with van der Waals surface area (Å²) in [4.78, 5) is 0.